The van der Waals surface area contributed by atoms with Crippen molar-refractivity contribution in [2.24, 2.45) is 17.8 Å². The molecule has 106 valence electrons. The van der Waals surface area contributed by atoms with Gasteiger partial charge in [0.15, 0.2) is 0 Å². The van der Waals surface area contributed by atoms with E-state index in [1.165, 1.54) is 71.2 Å². The summed E-state index contributed by atoms with van der Waals surface area (Å²) in [6, 6.07) is 0. The van der Waals surface area contributed by atoms with Crippen LogP contribution in [0.3, 0.4) is 0 Å². The van der Waals surface area contributed by atoms with Gasteiger partial charge < -0.3 is 10.2 Å². The van der Waals surface area contributed by atoms with Crippen LogP contribution in [0.1, 0.15) is 52.4 Å². The average Bonchev–Trinajstić information content (AvgIpc) is 2.33. The highest BCUT2D eigenvalue weighted by Gasteiger charge is 2.29. The summed E-state index contributed by atoms with van der Waals surface area (Å²) >= 11 is 0. The molecule has 1 aliphatic heterocycles. The molecule has 0 radical (unpaired) electrons. The topological polar surface area (TPSA) is 15.3 Å². The third-order valence-electron chi connectivity index (χ3n) is 4.55. The minimum Gasteiger partial charge on any atom is -0.316 e. The zero-order valence-electron chi connectivity index (χ0n) is 12.5. The van der Waals surface area contributed by atoms with Crippen LogP contribution >= 0.6 is 0 Å². The molecule has 2 fully saturated rings. The summed E-state index contributed by atoms with van der Waals surface area (Å²) in [5.74, 6) is 2.86. The van der Waals surface area contributed by atoms with E-state index < -0.39 is 0 Å². The molecule has 18 heavy (non-hydrogen) atoms. The van der Waals surface area contributed by atoms with Crippen molar-refractivity contribution in [1.29, 1.82) is 0 Å². The molecule has 1 heterocycles. The summed E-state index contributed by atoms with van der Waals surface area (Å²) in [6.07, 6.45) is 8.77. The van der Waals surface area contributed by atoms with Crippen LogP contribution in [0.4, 0.5) is 0 Å². The van der Waals surface area contributed by atoms with Crippen molar-refractivity contribution in [3.63, 3.8) is 0 Å². The maximum atomic E-state index is 3.54. The maximum Gasteiger partial charge on any atom is 0.000988 e. The second-order valence-electron chi connectivity index (χ2n) is 6.96. The average molecular weight is 252 g/mol. The van der Waals surface area contributed by atoms with Crippen LogP contribution in [0.5, 0.6) is 0 Å². The van der Waals surface area contributed by atoms with Gasteiger partial charge in [0, 0.05) is 13.1 Å². The summed E-state index contributed by atoms with van der Waals surface area (Å²) in [4.78, 5) is 2.75. The predicted molar refractivity (Wildman–Crippen MR) is 78.8 cm³/mol. The number of fused-ring (bicyclic) bond motifs is 2. The molecule has 2 rings (SSSR count). The first kappa shape index (κ1) is 14.3. The second kappa shape index (κ2) is 7.49. The molecule has 2 nitrogen and oxygen atoms in total. The molecule has 2 aliphatic rings. The molecule has 1 aliphatic carbocycles. The molecule has 0 aromatic carbocycles. The van der Waals surface area contributed by atoms with Gasteiger partial charge in [0.1, 0.15) is 0 Å². The standard InChI is InChI=1S/C16H32N2/c1-14(2)11-17-8-3-4-9-18-12-15-6-5-7-16(10-15)13-18/h14-17H,3-13H2,1-2H3. The zero-order chi connectivity index (χ0) is 12.8. The Morgan fingerprint density at radius 2 is 1.83 bits per heavy atom. The van der Waals surface area contributed by atoms with Crippen molar-refractivity contribution < 1.29 is 0 Å². The van der Waals surface area contributed by atoms with Crippen molar-refractivity contribution in [3.05, 3.63) is 0 Å². The van der Waals surface area contributed by atoms with Gasteiger partial charge in [-0.15, -0.1) is 0 Å². The van der Waals surface area contributed by atoms with Crippen LogP contribution in [0, 0.1) is 17.8 Å². The number of hydrogen-bond acceptors (Lipinski definition) is 2. The molecular formula is C16H32N2. The lowest BCUT2D eigenvalue weighted by Gasteiger charge is -2.41. The fourth-order valence-corrected chi connectivity index (χ4v) is 3.70. The molecule has 2 bridgehead atoms. The highest BCUT2D eigenvalue weighted by molar-refractivity contribution is 4.83. The fraction of sp³-hybridized carbons (Fsp3) is 1.00. The minimum absolute atomic E-state index is 0.784. The van der Waals surface area contributed by atoms with Gasteiger partial charge in [0.05, 0.1) is 0 Å². The number of unbranched alkanes of at least 4 members (excludes halogenated alkanes) is 1. The molecule has 0 aromatic rings. The molecule has 2 unspecified atom stereocenters. The number of nitrogens with zero attached hydrogens (tertiary/aromatic N) is 1. The van der Waals surface area contributed by atoms with Crippen LogP contribution in [0.2, 0.25) is 0 Å². The number of rotatable bonds is 7. The molecule has 1 saturated heterocycles. The van der Waals surface area contributed by atoms with Gasteiger partial charge in [-0.25, -0.2) is 0 Å². The maximum absolute atomic E-state index is 3.54. The van der Waals surface area contributed by atoms with Crippen LogP contribution in [-0.2, 0) is 0 Å². The van der Waals surface area contributed by atoms with Crippen molar-refractivity contribution >= 4 is 0 Å². The van der Waals surface area contributed by atoms with E-state index in [9.17, 15) is 0 Å². The normalized spacial score (nSPS) is 28.8. The van der Waals surface area contributed by atoms with Crippen LogP contribution in [0.15, 0.2) is 0 Å². The van der Waals surface area contributed by atoms with Crippen LogP contribution in [0.25, 0.3) is 0 Å². The first-order valence-electron chi connectivity index (χ1n) is 8.17. The van der Waals surface area contributed by atoms with Crippen LogP contribution < -0.4 is 5.32 Å². The molecular weight excluding hydrogens is 220 g/mol. The SMILES string of the molecule is CC(C)CNCCCCN1CC2CCCC(C2)C1. The van der Waals surface area contributed by atoms with Gasteiger partial charge in [-0.2, -0.15) is 0 Å². The summed E-state index contributed by atoms with van der Waals surface area (Å²) in [5, 5.41) is 3.54. The lowest BCUT2D eigenvalue weighted by Crippen LogP contribution is -2.43. The summed E-state index contributed by atoms with van der Waals surface area (Å²) in [5.41, 5.74) is 0. The predicted octanol–water partition coefficient (Wildman–Crippen LogP) is 3.13. The Bertz CT molecular complexity index is 215. The third kappa shape index (κ3) is 4.89. The van der Waals surface area contributed by atoms with Gasteiger partial charge in [0.25, 0.3) is 0 Å². The summed E-state index contributed by atoms with van der Waals surface area (Å²) < 4.78 is 0. The van der Waals surface area contributed by atoms with E-state index in [1.54, 1.807) is 0 Å². The Hall–Kier alpha value is -0.0800. The Morgan fingerprint density at radius 1 is 1.11 bits per heavy atom. The van der Waals surface area contributed by atoms with Gasteiger partial charge >= 0.3 is 0 Å². The molecule has 2 atom stereocenters. The molecule has 1 N–H and O–H groups in total. The number of piperidine rings is 1. The van der Waals surface area contributed by atoms with Gasteiger partial charge in [-0.3, -0.25) is 0 Å². The highest BCUT2D eigenvalue weighted by Crippen LogP contribution is 2.34. The van der Waals surface area contributed by atoms with Crippen molar-refractivity contribution in [2.45, 2.75) is 52.4 Å². The van der Waals surface area contributed by atoms with Crippen LogP contribution in [-0.4, -0.2) is 37.6 Å². The first-order valence-corrected chi connectivity index (χ1v) is 8.17. The van der Waals surface area contributed by atoms with E-state index in [4.69, 9.17) is 0 Å². The largest absolute Gasteiger partial charge is 0.316 e. The second-order valence-corrected chi connectivity index (χ2v) is 6.96. The Morgan fingerprint density at radius 3 is 2.50 bits per heavy atom. The number of hydrogen-bond donors (Lipinski definition) is 1. The summed E-state index contributed by atoms with van der Waals surface area (Å²) in [7, 11) is 0. The van der Waals surface area contributed by atoms with Gasteiger partial charge in [0.2, 0.25) is 0 Å². The lowest BCUT2D eigenvalue weighted by atomic mass is 9.78. The monoisotopic (exact) mass is 252 g/mol. The minimum atomic E-state index is 0.784. The molecule has 0 spiro atoms. The molecule has 1 saturated carbocycles. The molecule has 0 aromatic heterocycles. The number of likely N-dealkylation sites (tertiary alicyclic amines) is 1. The van der Waals surface area contributed by atoms with Crippen molar-refractivity contribution in [2.75, 3.05) is 32.7 Å². The van der Waals surface area contributed by atoms with E-state index >= 15 is 0 Å². The van der Waals surface area contributed by atoms with E-state index in [1.807, 2.05) is 0 Å². The quantitative estimate of drug-likeness (QED) is 0.700. The highest BCUT2D eigenvalue weighted by atomic mass is 15.1. The Balaban J connectivity index is 1.51. The Kier molecular flexibility index (Phi) is 5.97. The van der Waals surface area contributed by atoms with Crippen molar-refractivity contribution in [3.8, 4) is 0 Å². The lowest BCUT2D eigenvalue weighted by molar-refractivity contribution is 0.0850. The van der Waals surface area contributed by atoms with E-state index in [0.29, 0.717) is 0 Å². The third-order valence-corrected chi connectivity index (χ3v) is 4.55. The van der Waals surface area contributed by atoms with E-state index in [0.717, 1.165) is 17.8 Å². The van der Waals surface area contributed by atoms with Crippen molar-refractivity contribution in [1.82, 2.24) is 10.2 Å². The van der Waals surface area contributed by atoms with Gasteiger partial charge in [-0.1, -0.05) is 20.3 Å². The van der Waals surface area contributed by atoms with E-state index in [-0.39, 0.29) is 0 Å². The molecule has 0 amide bonds. The molecule has 2 heteroatoms. The van der Waals surface area contributed by atoms with Gasteiger partial charge in [-0.05, 0) is 69.5 Å². The van der Waals surface area contributed by atoms with E-state index in [2.05, 4.69) is 24.1 Å². The fourth-order valence-electron chi connectivity index (χ4n) is 3.70. The summed E-state index contributed by atoms with van der Waals surface area (Å²) in [6.45, 7) is 11.1. The smallest absolute Gasteiger partial charge is 0.000988 e. The first-order chi connectivity index (χ1) is 8.74. The Labute approximate surface area is 114 Å². The number of nitrogens with one attached hydrogen (secondary N) is 1. The zero-order valence-corrected chi connectivity index (χ0v) is 12.5.